The summed E-state index contributed by atoms with van der Waals surface area (Å²) in [6.07, 6.45) is 6.15. The minimum atomic E-state index is -4.09. The highest BCUT2D eigenvalue weighted by Gasteiger charge is 2.23. The van der Waals surface area contributed by atoms with Gasteiger partial charge in [0, 0.05) is 31.8 Å². The molecule has 0 amide bonds. The summed E-state index contributed by atoms with van der Waals surface area (Å²) in [6, 6.07) is 1.77. The molecule has 0 spiro atoms. The highest BCUT2D eigenvalue weighted by molar-refractivity contribution is 7.92. The van der Waals surface area contributed by atoms with Crippen LogP contribution in [0.15, 0.2) is 29.4 Å². The second kappa shape index (κ2) is 7.54. The molecule has 1 N–H and O–H groups in total. The Kier molecular flexibility index (Phi) is 5.07. The van der Waals surface area contributed by atoms with Crippen molar-refractivity contribution in [3.63, 3.8) is 0 Å². The quantitative estimate of drug-likeness (QED) is 0.682. The van der Waals surface area contributed by atoms with E-state index in [0.717, 1.165) is 37.6 Å². The number of halogens is 2. The van der Waals surface area contributed by atoms with Gasteiger partial charge in [-0.3, -0.25) is 9.40 Å². The first-order valence-electron chi connectivity index (χ1n) is 9.36. The van der Waals surface area contributed by atoms with Crippen molar-refractivity contribution in [1.29, 1.82) is 0 Å². The van der Waals surface area contributed by atoms with E-state index in [2.05, 4.69) is 20.0 Å². The van der Waals surface area contributed by atoms with Crippen LogP contribution in [0.3, 0.4) is 0 Å². The van der Waals surface area contributed by atoms with Crippen LogP contribution in [0.1, 0.15) is 32.0 Å². The lowest BCUT2D eigenvalue weighted by molar-refractivity contribution is 0.581. The molecule has 11 heteroatoms. The molecule has 0 fully saturated rings. The number of sulfonamides is 1. The van der Waals surface area contributed by atoms with Gasteiger partial charge in [-0.1, -0.05) is 6.42 Å². The van der Waals surface area contributed by atoms with Gasteiger partial charge in [0.2, 0.25) is 0 Å². The monoisotopic (exact) mass is 422 g/mol. The van der Waals surface area contributed by atoms with E-state index >= 15 is 0 Å². The van der Waals surface area contributed by atoms with Crippen molar-refractivity contribution in [2.24, 2.45) is 0 Å². The highest BCUT2D eigenvalue weighted by Crippen LogP contribution is 2.30. The van der Waals surface area contributed by atoms with Gasteiger partial charge in [0.1, 0.15) is 22.4 Å². The molecule has 1 aliphatic heterocycles. The maximum atomic E-state index is 14.6. The van der Waals surface area contributed by atoms with Gasteiger partial charge in [0.25, 0.3) is 10.0 Å². The zero-order valence-electron chi connectivity index (χ0n) is 15.8. The molecule has 0 aliphatic carbocycles. The van der Waals surface area contributed by atoms with E-state index in [1.54, 1.807) is 0 Å². The number of hydrogen-bond donors (Lipinski definition) is 1. The van der Waals surface area contributed by atoms with Crippen LogP contribution in [0.25, 0.3) is 11.4 Å². The largest absolute Gasteiger partial charge is 0.311 e. The summed E-state index contributed by atoms with van der Waals surface area (Å²) in [4.78, 5) is -0.110. The minimum Gasteiger partial charge on any atom is -0.311 e. The fraction of sp³-hybridized carbons (Fsp3) is 0.389. The predicted octanol–water partition coefficient (Wildman–Crippen LogP) is 2.97. The van der Waals surface area contributed by atoms with Crippen LogP contribution in [0.5, 0.6) is 0 Å². The van der Waals surface area contributed by atoms with E-state index in [1.807, 2.05) is 11.5 Å². The van der Waals surface area contributed by atoms with Gasteiger partial charge in [0.15, 0.2) is 5.82 Å². The Balaban J connectivity index is 1.72. The smallest absolute Gasteiger partial charge is 0.265 e. The van der Waals surface area contributed by atoms with Crippen LogP contribution < -0.4 is 4.72 Å². The summed E-state index contributed by atoms with van der Waals surface area (Å²) in [7, 11) is -4.09. The topological polar surface area (TPSA) is 94.7 Å². The number of fused-ring (bicyclic) bond motifs is 1. The molecule has 0 radical (unpaired) electrons. The van der Waals surface area contributed by atoms with Gasteiger partial charge in [-0.2, -0.15) is 5.10 Å². The number of anilines is 1. The molecular weight excluding hydrogens is 402 g/mol. The third kappa shape index (κ3) is 3.74. The molecule has 1 aliphatic rings. The highest BCUT2D eigenvalue weighted by atomic mass is 32.2. The molecule has 2 aromatic heterocycles. The first-order valence-corrected chi connectivity index (χ1v) is 10.8. The van der Waals surface area contributed by atoms with Gasteiger partial charge in [0.05, 0.1) is 17.4 Å². The number of nitrogens with one attached hydrogen (secondary N) is 1. The Morgan fingerprint density at radius 3 is 2.72 bits per heavy atom. The Hall–Kier alpha value is -2.82. The van der Waals surface area contributed by atoms with Crippen LogP contribution in [-0.2, 0) is 29.5 Å². The number of aryl methyl sites for hydroxylation is 2. The van der Waals surface area contributed by atoms with Crippen LogP contribution in [0.4, 0.5) is 14.5 Å². The maximum absolute atomic E-state index is 14.6. The molecule has 3 aromatic rings. The minimum absolute atomic E-state index is 0.00555. The molecular formula is C18H20F2N6O2S. The van der Waals surface area contributed by atoms with E-state index < -0.39 is 21.7 Å². The van der Waals surface area contributed by atoms with Gasteiger partial charge in [-0.05, 0) is 25.8 Å². The molecule has 1 aromatic carbocycles. The van der Waals surface area contributed by atoms with E-state index in [1.165, 1.54) is 17.1 Å². The Morgan fingerprint density at radius 2 is 1.97 bits per heavy atom. The van der Waals surface area contributed by atoms with Crippen LogP contribution >= 0.6 is 0 Å². The van der Waals surface area contributed by atoms with E-state index in [0.29, 0.717) is 19.2 Å². The summed E-state index contributed by atoms with van der Waals surface area (Å²) in [6.45, 7) is 2.93. The van der Waals surface area contributed by atoms with Crippen molar-refractivity contribution in [3.05, 3.63) is 42.0 Å². The van der Waals surface area contributed by atoms with Gasteiger partial charge >= 0.3 is 0 Å². The maximum Gasteiger partial charge on any atom is 0.265 e. The van der Waals surface area contributed by atoms with Crippen LogP contribution in [-0.4, -0.2) is 33.0 Å². The molecule has 0 saturated heterocycles. The zero-order chi connectivity index (χ0) is 20.6. The summed E-state index contributed by atoms with van der Waals surface area (Å²) in [5.41, 5.74) is -0.370. The van der Waals surface area contributed by atoms with Gasteiger partial charge < -0.3 is 4.57 Å². The summed E-state index contributed by atoms with van der Waals surface area (Å²) in [5, 5.41) is 12.1. The normalized spacial score (nSPS) is 14.4. The lowest BCUT2D eigenvalue weighted by atomic mass is 10.1. The van der Waals surface area contributed by atoms with Gasteiger partial charge in [-0.25, -0.2) is 17.2 Å². The molecule has 0 bridgehead atoms. The number of benzene rings is 1. The molecule has 4 rings (SSSR count). The lowest BCUT2D eigenvalue weighted by Crippen LogP contribution is -2.14. The average molecular weight is 422 g/mol. The number of rotatable bonds is 5. The SMILES string of the molecule is CCn1cc(S(=O)(=O)Nc2cc(-c3nnc4n3CCCCC4)c(F)cc2F)cn1. The standard InChI is InChI=1S/C18H20F2N6O2S/c1-2-25-11-12(10-21-25)29(27,28)24-16-8-13(14(19)9-15(16)20)18-23-22-17-6-4-3-5-7-26(17)18/h8-11,24H,2-7H2,1H3. The summed E-state index contributed by atoms with van der Waals surface area (Å²) < 4.78 is 59.5. The predicted molar refractivity (Wildman–Crippen MR) is 102 cm³/mol. The van der Waals surface area contributed by atoms with Crippen molar-refractivity contribution in [1.82, 2.24) is 24.5 Å². The summed E-state index contributed by atoms with van der Waals surface area (Å²) >= 11 is 0. The van der Waals surface area contributed by atoms with E-state index in [4.69, 9.17) is 0 Å². The van der Waals surface area contributed by atoms with Crippen molar-refractivity contribution >= 4 is 15.7 Å². The number of hydrogen-bond acceptors (Lipinski definition) is 5. The Morgan fingerprint density at radius 1 is 1.14 bits per heavy atom. The molecule has 0 atom stereocenters. The second-order valence-corrected chi connectivity index (χ2v) is 8.53. The lowest BCUT2D eigenvalue weighted by Gasteiger charge is -2.12. The average Bonchev–Trinajstić information content (AvgIpc) is 3.26. The van der Waals surface area contributed by atoms with Crippen LogP contribution in [0.2, 0.25) is 0 Å². The molecule has 154 valence electrons. The fourth-order valence-electron chi connectivity index (χ4n) is 3.34. The molecule has 29 heavy (non-hydrogen) atoms. The summed E-state index contributed by atoms with van der Waals surface area (Å²) in [5.74, 6) is -0.842. The van der Waals surface area contributed by atoms with Crippen molar-refractivity contribution in [2.75, 3.05) is 4.72 Å². The van der Waals surface area contributed by atoms with E-state index in [9.17, 15) is 17.2 Å². The molecule has 0 unspecified atom stereocenters. The third-order valence-corrected chi connectivity index (χ3v) is 6.22. The molecule has 3 heterocycles. The number of nitrogens with zero attached hydrogens (tertiary/aromatic N) is 5. The Labute approximate surface area is 166 Å². The van der Waals surface area contributed by atoms with Crippen molar-refractivity contribution in [2.45, 2.75) is 50.6 Å². The van der Waals surface area contributed by atoms with Crippen molar-refractivity contribution < 1.29 is 17.2 Å². The fourth-order valence-corrected chi connectivity index (χ4v) is 4.35. The third-order valence-electron chi connectivity index (χ3n) is 4.90. The van der Waals surface area contributed by atoms with Gasteiger partial charge in [-0.15, -0.1) is 10.2 Å². The van der Waals surface area contributed by atoms with Crippen LogP contribution in [0, 0.1) is 11.6 Å². The second-order valence-electron chi connectivity index (χ2n) is 6.85. The molecule has 8 nitrogen and oxygen atoms in total. The first-order chi connectivity index (χ1) is 13.9. The zero-order valence-corrected chi connectivity index (χ0v) is 16.6. The Bertz CT molecular complexity index is 1160. The van der Waals surface area contributed by atoms with Crippen molar-refractivity contribution in [3.8, 4) is 11.4 Å². The number of aromatic nitrogens is 5. The van der Waals surface area contributed by atoms with E-state index in [-0.39, 0.29) is 22.0 Å². The first kappa shape index (κ1) is 19.5. The molecule has 0 saturated carbocycles.